The van der Waals surface area contributed by atoms with Crippen molar-refractivity contribution in [3.05, 3.63) is 99.0 Å². The fourth-order valence-corrected chi connectivity index (χ4v) is 4.19. The van der Waals surface area contributed by atoms with E-state index in [4.69, 9.17) is 32.9 Å². The molecular weight excluding hydrogens is 403 g/mol. The van der Waals surface area contributed by atoms with Crippen molar-refractivity contribution in [1.29, 1.82) is 0 Å². The van der Waals surface area contributed by atoms with Crippen LogP contribution >= 0.6 is 23.2 Å². The van der Waals surface area contributed by atoms with E-state index < -0.39 is 0 Å². The van der Waals surface area contributed by atoms with Crippen molar-refractivity contribution in [3.8, 4) is 5.75 Å². The molecule has 2 aliphatic heterocycles. The minimum Gasteiger partial charge on any atom is -0.489 e. The molecule has 3 nitrogen and oxygen atoms in total. The van der Waals surface area contributed by atoms with E-state index in [0.29, 0.717) is 16.7 Å². The molecule has 0 saturated heterocycles. The number of nitrogens with zero attached hydrogens (tertiary/aromatic N) is 2. The monoisotopic (exact) mass is 420 g/mol. The molecule has 0 aromatic heterocycles. The van der Waals surface area contributed by atoms with Gasteiger partial charge in [0.25, 0.3) is 0 Å². The molecule has 0 amide bonds. The van der Waals surface area contributed by atoms with E-state index in [2.05, 4.69) is 47.4 Å². The van der Waals surface area contributed by atoms with E-state index in [9.17, 15) is 0 Å². The zero-order valence-corrected chi connectivity index (χ0v) is 17.1. The summed E-state index contributed by atoms with van der Waals surface area (Å²) in [5, 5.41) is 1.23. The van der Waals surface area contributed by atoms with Crippen LogP contribution in [0, 0.1) is 0 Å². The van der Waals surface area contributed by atoms with Gasteiger partial charge >= 0.3 is 0 Å². The van der Waals surface area contributed by atoms with Crippen LogP contribution in [-0.2, 0) is 6.61 Å². The highest BCUT2D eigenvalue weighted by Gasteiger charge is 2.28. The van der Waals surface area contributed by atoms with Gasteiger partial charge in [-0.05, 0) is 53.6 Å². The van der Waals surface area contributed by atoms with Gasteiger partial charge in [-0.1, -0.05) is 53.5 Å². The minimum absolute atomic E-state index is 0.397. The van der Waals surface area contributed by atoms with E-state index in [0.717, 1.165) is 35.8 Å². The van der Waals surface area contributed by atoms with E-state index in [1.54, 1.807) is 6.07 Å². The molecule has 3 aromatic rings. The number of benzene rings is 3. The Hall–Kier alpha value is -2.75. The molecule has 2 aliphatic rings. The van der Waals surface area contributed by atoms with E-state index in [1.807, 2.05) is 24.3 Å². The second kappa shape index (κ2) is 7.58. The zero-order chi connectivity index (χ0) is 19.8. The molecular formula is C24H18Cl2N2O. The molecule has 3 aromatic carbocycles. The number of fused-ring (bicyclic) bond motifs is 3. The summed E-state index contributed by atoms with van der Waals surface area (Å²) in [5.74, 6) is 1.86. The summed E-state index contributed by atoms with van der Waals surface area (Å²) in [7, 11) is 0. The Bertz CT molecular complexity index is 1140. The van der Waals surface area contributed by atoms with Crippen molar-refractivity contribution in [3.63, 3.8) is 0 Å². The summed E-state index contributed by atoms with van der Waals surface area (Å²) in [6.07, 6.45) is 2.24. The van der Waals surface area contributed by atoms with Crippen LogP contribution in [0.2, 0.25) is 10.0 Å². The van der Waals surface area contributed by atoms with Crippen molar-refractivity contribution in [2.24, 2.45) is 4.99 Å². The van der Waals surface area contributed by atoms with Gasteiger partial charge in [0.2, 0.25) is 0 Å². The summed E-state index contributed by atoms with van der Waals surface area (Å²) in [6.45, 7) is 2.13. The molecule has 29 heavy (non-hydrogen) atoms. The van der Waals surface area contributed by atoms with Crippen LogP contribution in [0.5, 0.6) is 5.75 Å². The maximum Gasteiger partial charge on any atom is 0.136 e. The fraction of sp³-hybridized carbons (Fsp3) is 0.125. The Kier molecular flexibility index (Phi) is 4.78. The normalized spacial score (nSPS) is 14.8. The lowest BCUT2D eigenvalue weighted by atomic mass is 9.97. The largest absolute Gasteiger partial charge is 0.489 e. The average Bonchev–Trinajstić information content (AvgIpc) is 3.23. The SMILES string of the molecule is Clc1ccc(COc2ccc(C3=Cc4ccccc4C4=NCCN34)cc2)c(Cl)c1. The Morgan fingerprint density at radius 2 is 1.79 bits per heavy atom. The van der Waals surface area contributed by atoms with Gasteiger partial charge in [0, 0.05) is 27.7 Å². The predicted molar refractivity (Wildman–Crippen MR) is 120 cm³/mol. The molecule has 0 bridgehead atoms. The van der Waals surface area contributed by atoms with Crippen LogP contribution in [0.25, 0.3) is 11.8 Å². The molecule has 0 aliphatic carbocycles. The Labute approximate surface area is 179 Å². The van der Waals surface area contributed by atoms with Crippen LogP contribution in [-0.4, -0.2) is 23.8 Å². The number of ether oxygens (including phenoxy) is 1. The first kappa shape index (κ1) is 18.3. The summed E-state index contributed by atoms with van der Waals surface area (Å²) in [6, 6.07) is 22.0. The van der Waals surface area contributed by atoms with Gasteiger partial charge in [-0.2, -0.15) is 0 Å². The van der Waals surface area contributed by atoms with E-state index in [1.165, 1.54) is 16.8 Å². The number of rotatable bonds is 4. The third-order valence-electron chi connectivity index (χ3n) is 5.19. The number of aliphatic imine (C=N–C) groups is 1. The first-order valence-electron chi connectivity index (χ1n) is 9.49. The summed E-state index contributed by atoms with van der Waals surface area (Å²) in [4.78, 5) is 7.02. The zero-order valence-electron chi connectivity index (χ0n) is 15.6. The Morgan fingerprint density at radius 3 is 2.62 bits per heavy atom. The highest BCUT2D eigenvalue weighted by atomic mass is 35.5. The molecule has 5 heteroatoms. The van der Waals surface area contributed by atoms with Gasteiger partial charge in [0.15, 0.2) is 0 Å². The second-order valence-electron chi connectivity index (χ2n) is 7.02. The molecule has 0 unspecified atom stereocenters. The van der Waals surface area contributed by atoms with Crippen LogP contribution in [0.3, 0.4) is 0 Å². The Balaban J connectivity index is 1.38. The number of halogens is 2. The fourth-order valence-electron chi connectivity index (χ4n) is 3.72. The number of hydrogen-bond acceptors (Lipinski definition) is 3. The third kappa shape index (κ3) is 3.52. The van der Waals surface area contributed by atoms with E-state index >= 15 is 0 Å². The molecule has 0 atom stereocenters. The molecule has 0 saturated carbocycles. The molecule has 0 radical (unpaired) electrons. The van der Waals surface area contributed by atoms with Gasteiger partial charge in [-0.25, -0.2) is 0 Å². The first-order chi connectivity index (χ1) is 14.2. The van der Waals surface area contributed by atoms with Crippen molar-refractivity contribution >= 4 is 40.8 Å². The maximum absolute atomic E-state index is 6.23. The van der Waals surface area contributed by atoms with Crippen LogP contribution in [0.4, 0.5) is 0 Å². The standard InChI is InChI=1S/C24H18Cl2N2O/c25-19-8-5-18(22(26)14-19)15-29-20-9-6-16(7-10-20)23-13-17-3-1-2-4-21(17)24-27-11-12-28(23)24/h1-10,13-14H,11-12,15H2. The average molecular weight is 421 g/mol. The summed E-state index contributed by atoms with van der Waals surface area (Å²) >= 11 is 12.2. The molecule has 0 fully saturated rings. The number of hydrogen-bond donors (Lipinski definition) is 0. The smallest absolute Gasteiger partial charge is 0.136 e. The maximum atomic E-state index is 6.23. The summed E-state index contributed by atoms with van der Waals surface area (Å²) < 4.78 is 5.91. The van der Waals surface area contributed by atoms with Gasteiger partial charge < -0.3 is 9.64 Å². The Morgan fingerprint density at radius 1 is 0.966 bits per heavy atom. The predicted octanol–water partition coefficient (Wildman–Crippen LogP) is 6.15. The quantitative estimate of drug-likeness (QED) is 0.505. The van der Waals surface area contributed by atoms with Crippen molar-refractivity contribution < 1.29 is 4.74 Å². The van der Waals surface area contributed by atoms with Gasteiger partial charge in [0.1, 0.15) is 18.2 Å². The van der Waals surface area contributed by atoms with Gasteiger partial charge in [-0.15, -0.1) is 0 Å². The van der Waals surface area contributed by atoms with Crippen LogP contribution < -0.4 is 4.74 Å². The highest BCUT2D eigenvalue weighted by molar-refractivity contribution is 6.35. The van der Waals surface area contributed by atoms with E-state index in [-0.39, 0.29) is 0 Å². The van der Waals surface area contributed by atoms with Gasteiger partial charge in [-0.3, -0.25) is 4.99 Å². The minimum atomic E-state index is 0.397. The number of amidine groups is 1. The van der Waals surface area contributed by atoms with Crippen LogP contribution in [0.1, 0.15) is 22.3 Å². The molecule has 0 spiro atoms. The van der Waals surface area contributed by atoms with Crippen molar-refractivity contribution in [1.82, 2.24) is 4.90 Å². The van der Waals surface area contributed by atoms with Crippen molar-refractivity contribution in [2.45, 2.75) is 6.61 Å². The van der Waals surface area contributed by atoms with Gasteiger partial charge in [0.05, 0.1) is 12.2 Å². The lowest BCUT2D eigenvalue weighted by Gasteiger charge is -2.29. The topological polar surface area (TPSA) is 24.8 Å². The second-order valence-corrected chi connectivity index (χ2v) is 7.87. The third-order valence-corrected chi connectivity index (χ3v) is 5.77. The highest BCUT2D eigenvalue weighted by Crippen LogP contribution is 2.34. The first-order valence-corrected chi connectivity index (χ1v) is 10.2. The molecule has 2 heterocycles. The lowest BCUT2D eigenvalue weighted by molar-refractivity contribution is 0.306. The summed E-state index contributed by atoms with van der Waals surface area (Å²) in [5.41, 5.74) is 5.63. The lowest BCUT2D eigenvalue weighted by Crippen LogP contribution is -2.30. The molecule has 5 rings (SSSR count). The van der Waals surface area contributed by atoms with Crippen LogP contribution in [0.15, 0.2) is 71.7 Å². The van der Waals surface area contributed by atoms with Crippen molar-refractivity contribution in [2.75, 3.05) is 13.1 Å². The molecule has 0 N–H and O–H groups in total. The molecule has 144 valence electrons.